The van der Waals surface area contributed by atoms with Crippen molar-refractivity contribution in [1.29, 1.82) is 0 Å². The van der Waals surface area contributed by atoms with Crippen LogP contribution in [0.2, 0.25) is 0 Å². The van der Waals surface area contributed by atoms with E-state index in [-0.39, 0.29) is 5.75 Å². The fourth-order valence-corrected chi connectivity index (χ4v) is 1.55. The van der Waals surface area contributed by atoms with Crippen molar-refractivity contribution in [1.82, 2.24) is 20.3 Å². The average Bonchev–Trinajstić information content (AvgIpc) is 2.84. The lowest BCUT2D eigenvalue weighted by Crippen LogP contribution is -2.16. The van der Waals surface area contributed by atoms with E-state index < -0.39 is 0 Å². The number of imidazole rings is 1. The Morgan fingerprint density at radius 1 is 1.29 bits per heavy atom. The summed E-state index contributed by atoms with van der Waals surface area (Å²) in [6.45, 7) is 1.64. The minimum atomic E-state index is 0.201. The second-order valence-electron chi connectivity index (χ2n) is 3.82. The normalized spacial score (nSPS) is 10.6. The molecule has 0 fully saturated rings. The second kappa shape index (κ2) is 6.00. The van der Waals surface area contributed by atoms with E-state index in [1.165, 1.54) is 6.20 Å². The van der Waals surface area contributed by atoms with Crippen LogP contribution in [-0.4, -0.2) is 26.6 Å². The number of aromatic nitrogens is 3. The smallest absolute Gasteiger partial charge is 0.133 e. The van der Waals surface area contributed by atoms with Gasteiger partial charge in [-0.3, -0.25) is 4.98 Å². The van der Waals surface area contributed by atoms with Gasteiger partial charge in [0.2, 0.25) is 0 Å². The molecule has 0 aliphatic carbocycles. The van der Waals surface area contributed by atoms with Crippen LogP contribution in [0.5, 0.6) is 5.75 Å². The quantitative estimate of drug-likeness (QED) is 0.655. The van der Waals surface area contributed by atoms with Crippen molar-refractivity contribution < 1.29 is 5.11 Å². The molecule has 0 radical (unpaired) electrons. The van der Waals surface area contributed by atoms with Gasteiger partial charge in [-0.2, -0.15) is 0 Å². The summed E-state index contributed by atoms with van der Waals surface area (Å²) < 4.78 is 0. The molecule has 3 N–H and O–H groups in total. The lowest BCUT2D eigenvalue weighted by Gasteiger charge is -2.03. The molecule has 2 aromatic heterocycles. The first kappa shape index (κ1) is 11.6. The van der Waals surface area contributed by atoms with Gasteiger partial charge in [-0.15, -0.1) is 0 Å². The van der Waals surface area contributed by atoms with E-state index in [4.69, 9.17) is 5.11 Å². The maximum atomic E-state index is 9.08. The zero-order chi connectivity index (χ0) is 11.9. The number of aromatic hydroxyl groups is 1. The third-order valence-corrected chi connectivity index (χ3v) is 2.44. The number of rotatable bonds is 6. The molecule has 0 spiro atoms. The SMILES string of the molecule is Oc1ccc(CNCCCc2ncc[nH]2)nc1. The van der Waals surface area contributed by atoms with E-state index in [0.717, 1.165) is 37.4 Å². The summed E-state index contributed by atoms with van der Waals surface area (Å²) in [4.78, 5) is 11.3. The third-order valence-electron chi connectivity index (χ3n) is 2.44. The minimum Gasteiger partial charge on any atom is -0.506 e. The number of aryl methyl sites for hydroxylation is 1. The summed E-state index contributed by atoms with van der Waals surface area (Å²) in [5.41, 5.74) is 0.931. The molecule has 0 atom stereocenters. The molecule has 2 heterocycles. The molecular weight excluding hydrogens is 216 g/mol. The van der Waals surface area contributed by atoms with Gasteiger partial charge in [0, 0.05) is 25.4 Å². The number of hydrogen-bond donors (Lipinski definition) is 3. The monoisotopic (exact) mass is 232 g/mol. The predicted octanol–water partition coefficient (Wildman–Crippen LogP) is 1.23. The molecule has 0 aliphatic heterocycles. The number of H-pyrrole nitrogens is 1. The predicted molar refractivity (Wildman–Crippen MR) is 64.5 cm³/mol. The maximum Gasteiger partial charge on any atom is 0.133 e. The Morgan fingerprint density at radius 3 is 2.94 bits per heavy atom. The van der Waals surface area contributed by atoms with Gasteiger partial charge in [-0.05, 0) is 25.1 Å². The van der Waals surface area contributed by atoms with Crippen LogP contribution in [-0.2, 0) is 13.0 Å². The van der Waals surface area contributed by atoms with Crippen LogP contribution in [0.1, 0.15) is 17.9 Å². The molecule has 90 valence electrons. The van der Waals surface area contributed by atoms with Gasteiger partial charge in [0.25, 0.3) is 0 Å². The zero-order valence-electron chi connectivity index (χ0n) is 9.56. The Balaban J connectivity index is 1.61. The Morgan fingerprint density at radius 2 is 2.24 bits per heavy atom. The first-order valence-electron chi connectivity index (χ1n) is 5.67. The molecule has 0 bridgehead atoms. The van der Waals surface area contributed by atoms with Crippen LogP contribution in [0.3, 0.4) is 0 Å². The Hall–Kier alpha value is -1.88. The molecule has 0 aromatic carbocycles. The van der Waals surface area contributed by atoms with Crippen molar-refractivity contribution in [3.8, 4) is 5.75 Å². The molecule has 17 heavy (non-hydrogen) atoms. The highest BCUT2D eigenvalue weighted by Gasteiger charge is 1.96. The van der Waals surface area contributed by atoms with Crippen molar-refractivity contribution >= 4 is 0 Å². The van der Waals surface area contributed by atoms with Gasteiger partial charge in [-0.25, -0.2) is 4.98 Å². The molecule has 0 saturated heterocycles. The summed E-state index contributed by atoms with van der Waals surface area (Å²) in [6.07, 6.45) is 7.04. The summed E-state index contributed by atoms with van der Waals surface area (Å²) in [5.74, 6) is 1.22. The van der Waals surface area contributed by atoms with Crippen LogP contribution < -0.4 is 5.32 Å². The van der Waals surface area contributed by atoms with Crippen molar-refractivity contribution in [3.63, 3.8) is 0 Å². The molecule has 0 aliphatic rings. The summed E-state index contributed by atoms with van der Waals surface area (Å²) >= 11 is 0. The van der Waals surface area contributed by atoms with E-state index in [0.29, 0.717) is 0 Å². The largest absolute Gasteiger partial charge is 0.506 e. The highest BCUT2D eigenvalue weighted by molar-refractivity contribution is 5.17. The highest BCUT2D eigenvalue weighted by atomic mass is 16.3. The standard InChI is InChI=1S/C12H16N4O/c17-11-4-3-10(16-9-11)8-13-5-1-2-12-14-6-7-15-12/h3-4,6-7,9,13,17H,1-2,5,8H2,(H,14,15). The van der Waals surface area contributed by atoms with Crippen LogP contribution in [0, 0.1) is 0 Å². The fourth-order valence-electron chi connectivity index (χ4n) is 1.55. The van der Waals surface area contributed by atoms with Gasteiger partial charge in [0.1, 0.15) is 11.6 Å². The third kappa shape index (κ3) is 3.88. The fraction of sp³-hybridized carbons (Fsp3) is 0.333. The van der Waals surface area contributed by atoms with Crippen LogP contribution in [0.15, 0.2) is 30.7 Å². The van der Waals surface area contributed by atoms with E-state index in [1.807, 2.05) is 12.3 Å². The zero-order valence-corrected chi connectivity index (χ0v) is 9.56. The molecule has 5 nitrogen and oxygen atoms in total. The molecule has 2 aromatic rings. The Bertz CT molecular complexity index is 424. The van der Waals surface area contributed by atoms with Gasteiger partial charge in [-0.1, -0.05) is 0 Å². The van der Waals surface area contributed by atoms with E-state index in [2.05, 4.69) is 20.3 Å². The average molecular weight is 232 g/mol. The molecule has 2 rings (SSSR count). The van der Waals surface area contributed by atoms with Crippen molar-refractivity contribution in [3.05, 3.63) is 42.2 Å². The first-order chi connectivity index (χ1) is 8.34. The summed E-state index contributed by atoms with van der Waals surface area (Å²) in [7, 11) is 0. The molecule has 5 heteroatoms. The first-order valence-corrected chi connectivity index (χ1v) is 5.67. The number of pyridine rings is 1. The van der Waals surface area contributed by atoms with Gasteiger partial charge < -0.3 is 15.4 Å². The lowest BCUT2D eigenvalue weighted by molar-refractivity contribution is 0.471. The van der Waals surface area contributed by atoms with E-state index in [1.54, 1.807) is 12.3 Å². The number of aromatic amines is 1. The van der Waals surface area contributed by atoms with E-state index >= 15 is 0 Å². The summed E-state index contributed by atoms with van der Waals surface area (Å²) in [6, 6.07) is 3.46. The molecule has 0 unspecified atom stereocenters. The van der Waals surface area contributed by atoms with Gasteiger partial charge in [0.15, 0.2) is 0 Å². The van der Waals surface area contributed by atoms with Crippen LogP contribution in [0.25, 0.3) is 0 Å². The number of nitrogens with one attached hydrogen (secondary N) is 2. The van der Waals surface area contributed by atoms with Crippen molar-refractivity contribution in [2.24, 2.45) is 0 Å². The lowest BCUT2D eigenvalue weighted by atomic mass is 10.3. The Kier molecular flexibility index (Phi) is 4.10. The van der Waals surface area contributed by atoms with Gasteiger partial charge in [0.05, 0.1) is 11.9 Å². The summed E-state index contributed by atoms with van der Waals surface area (Å²) in [5, 5.41) is 12.4. The van der Waals surface area contributed by atoms with Crippen molar-refractivity contribution in [2.45, 2.75) is 19.4 Å². The van der Waals surface area contributed by atoms with Crippen molar-refractivity contribution in [2.75, 3.05) is 6.54 Å². The van der Waals surface area contributed by atoms with Gasteiger partial charge >= 0.3 is 0 Å². The Labute approximate surface area is 99.9 Å². The second-order valence-corrected chi connectivity index (χ2v) is 3.82. The molecule has 0 saturated carbocycles. The number of hydrogen-bond acceptors (Lipinski definition) is 4. The van der Waals surface area contributed by atoms with E-state index in [9.17, 15) is 0 Å². The van der Waals surface area contributed by atoms with Crippen LogP contribution >= 0.6 is 0 Å². The molecule has 0 amide bonds. The highest BCUT2D eigenvalue weighted by Crippen LogP contribution is 2.05. The van der Waals surface area contributed by atoms with Crippen LogP contribution in [0.4, 0.5) is 0 Å². The molecular formula is C12H16N4O. The topological polar surface area (TPSA) is 73.8 Å². The minimum absolute atomic E-state index is 0.201. The maximum absolute atomic E-state index is 9.08. The number of nitrogens with zero attached hydrogens (tertiary/aromatic N) is 2.